The molecule has 2 aromatic rings. The molecular weight excluding hydrogens is 652 g/mol. The van der Waals surface area contributed by atoms with E-state index in [0.29, 0.717) is 10.5 Å². The van der Waals surface area contributed by atoms with Crippen LogP contribution in [0.15, 0.2) is 59.8 Å². The Kier molecular flexibility index (Phi) is 10.8. The molecule has 2 aliphatic rings. The van der Waals surface area contributed by atoms with Crippen molar-refractivity contribution in [1.29, 1.82) is 0 Å². The number of urea groups is 1. The van der Waals surface area contributed by atoms with Crippen molar-refractivity contribution in [2.24, 2.45) is 0 Å². The van der Waals surface area contributed by atoms with Gasteiger partial charge in [0, 0.05) is 44.7 Å². The van der Waals surface area contributed by atoms with Gasteiger partial charge in [0.05, 0.1) is 0 Å². The predicted molar refractivity (Wildman–Crippen MR) is 165 cm³/mol. The first kappa shape index (κ1) is 35.1. The number of nitrogens with zero attached hydrogens (tertiary/aromatic N) is 2. The third-order valence-corrected chi connectivity index (χ3v) is 8.31. The maximum absolute atomic E-state index is 13.6. The molecule has 0 aliphatic carbocycles. The summed E-state index contributed by atoms with van der Waals surface area (Å²) in [5.41, 5.74) is 0.0775. The Bertz CT molecular complexity index is 1730. The predicted octanol–water partition coefficient (Wildman–Crippen LogP) is 1.36. The van der Waals surface area contributed by atoms with Gasteiger partial charge in [-0.1, -0.05) is 30.3 Å². The van der Waals surface area contributed by atoms with Gasteiger partial charge in [0.15, 0.2) is 11.5 Å². The summed E-state index contributed by atoms with van der Waals surface area (Å²) in [5.74, 6) is -6.14. The van der Waals surface area contributed by atoms with Crippen molar-refractivity contribution in [2.45, 2.75) is 38.2 Å². The molecule has 252 valence electrons. The number of β-lactam (4-membered cyclic amide) rings is 1. The highest BCUT2D eigenvalue weighted by Crippen LogP contribution is 2.40. The maximum atomic E-state index is 13.6. The minimum Gasteiger partial charge on any atom is -0.477 e. The zero-order chi connectivity index (χ0) is 35.3. The average Bonchev–Trinajstić information content (AvgIpc) is 3.04. The number of benzene rings is 2. The monoisotopic (exact) mass is 682 g/mol. The minimum absolute atomic E-state index is 0.114. The van der Waals surface area contributed by atoms with Crippen LogP contribution in [0.3, 0.4) is 0 Å². The molecule has 0 radical (unpaired) electrons. The Morgan fingerprint density at radius 3 is 2.21 bits per heavy atom. The number of rotatable bonds is 10. The van der Waals surface area contributed by atoms with Crippen LogP contribution in [-0.4, -0.2) is 93.4 Å². The van der Waals surface area contributed by atoms with Crippen LogP contribution in [0, 0.1) is 0 Å². The molecule has 2 aliphatic heterocycles. The molecule has 1 saturated heterocycles. The summed E-state index contributed by atoms with van der Waals surface area (Å²) in [6, 6.07) is 7.99. The lowest BCUT2D eigenvalue weighted by atomic mass is 10.0. The highest BCUT2D eigenvalue weighted by molar-refractivity contribution is 8.00. The van der Waals surface area contributed by atoms with Gasteiger partial charge in [0.1, 0.15) is 29.8 Å². The van der Waals surface area contributed by atoms with Crippen LogP contribution < -0.4 is 20.1 Å². The summed E-state index contributed by atoms with van der Waals surface area (Å²) in [7, 11) is 1.14. The average molecular weight is 683 g/mol. The van der Waals surface area contributed by atoms with E-state index in [-0.39, 0.29) is 40.7 Å². The van der Waals surface area contributed by atoms with Crippen LogP contribution in [0.1, 0.15) is 42.7 Å². The van der Waals surface area contributed by atoms with Crippen LogP contribution in [0.2, 0.25) is 0 Å². The van der Waals surface area contributed by atoms with Gasteiger partial charge >= 0.3 is 29.9 Å². The number of carboxylic acids is 1. The molecule has 2 aromatic carbocycles. The minimum atomic E-state index is -1.40. The first-order valence-corrected chi connectivity index (χ1v) is 15.2. The molecule has 2 heterocycles. The van der Waals surface area contributed by atoms with Gasteiger partial charge in [-0.2, -0.15) is 0 Å². The second kappa shape index (κ2) is 14.8. The summed E-state index contributed by atoms with van der Waals surface area (Å²) >= 11 is 1.16. The van der Waals surface area contributed by atoms with E-state index >= 15 is 0 Å². The molecule has 0 spiro atoms. The fraction of sp³-hybridized carbons (Fsp3) is 0.290. The van der Waals surface area contributed by atoms with Crippen molar-refractivity contribution in [3.05, 3.63) is 70.9 Å². The van der Waals surface area contributed by atoms with Gasteiger partial charge in [0.25, 0.3) is 11.8 Å². The summed E-state index contributed by atoms with van der Waals surface area (Å²) < 4.78 is 15.0. The lowest BCUT2D eigenvalue weighted by Gasteiger charge is -2.49. The largest absolute Gasteiger partial charge is 0.477 e. The molecule has 5 amide bonds. The Morgan fingerprint density at radius 2 is 1.60 bits per heavy atom. The van der Waals surface area contributed by atoms with Crippen molar-refractivity contribution >= 4 is 59.4 Å². The van der Waals surface area contributed by atoms with Crippen molar-refractivity contribution in [1.82, 2.24) is 20.4 Å². The first-order valence-electron chi connectivity index (χ1n) is 14.2. The highest BCUT2D eigenvalue weighted by atomic mass is 32.2. The van der Waals surface area contributed by atoms with Gasteiger partial charge in [-0.05, 0) is 23.8 Å². The number of hydrogen-bond donors (Lipinski definition) is 3. The van der Waals surface area contributed by atoms with E-state index < -0.39 is 65.1 Å². The molecule has 3 atom stereocenters. The molecule has 3 N–H and O–H groups in total. The number of hydrogen-bond acceptors (Lipinski definition) is 12. The van der Waals surface area contributed by atoms with E-state index in [1.807, 2.05) is 0 Å². The van der Waals surface area contributed by atoms with Crippen molar-refractivity contribution in [3.63, 3.8) is 0 Å². The number of ether oxygens (including phenoxy) is 3. The number of esters is 3. The van der Waals surface area contributed by atoms with Gasteiger partial charge in [-0.25, -0.2) is 9.59 Å². The van der Waals surface area contributed by atoms with Gasteiger partial charge in [0.2, 0.25) is 5.91 Å². The third kappa shape index (κ3) is 7.80. The molecule has 17 heteroatoms. The summed E-state index contributed by atoms with van der Waals surface area (Å²) in [6.45, 7) is 3.09. The standard InChI is InChI=1S/C31H30N4O12S/c1-15(36)45-13-20-14-48-29-24(28(41)35(29)25(20)30(42)43)32-26(39)23(18-8-6-5-7-9-18)33-31(44)34(4)27(40)19-10-11-21(46-16(2)37)22(12-19)47-17(3)38/h5-12,23-24,29H,13-14H2,1-4H3,(H,32,39)(H,33,44)(H,42,43)/t23?,24?,29-/m0/s1. The molecule has 0 aromatic heterocycles. The molecule has 1 fully saturated rings. The number of carbonyl (C=O) groups is 8. The van der Waals surface area contributed by atoms with Gasteiger partial charge in [-0.15, -0.1) is 11.8 Å². The Morgan fingerprint density at radius 1 is 0.958 bits per heavy atom. The van der Waals surface area contributed by atoms with E-state index in [0.717, 1.165) is 43.6 Å². The van der Waals surface area contributed by atoms with Gasteiger partial charge in [-0.3, -0.25) is 38.6 Å². The maximum Gasteiger partial charge on any atom is 0.352 e. The molecular formula is C31H30N4O12S. The van der Waals surface area contributed by atoms with Crippen LogP contribution in [0.25, 0.3) is 0 Å². The fourth-order valence-corrected chi connectivity index (χ4v) is 6.11. The van der Waals surface area contributed by atoms with Crippen molar-refractivity contribution in [2.75, 3.05) is 19.4 Å². The van der Waals surface area contributed by atoms with E-state index in [9.17, 15) is 43.5 Å². The lowest BCUT2D eigenvalue weighted by Crippen LogP contribution is -2.71. The number of carbonyl (C=O) groups excluding carboxylic acids is 7. The first-order chi connectivity index (χ1) is 22.7. The van der Waals surface area contributed by atoms with E-state index in [4.69, 9.17) is 14.2 Å². The topological polar surface area (TPSA) is 215 Å². The summed E-state index contributed by atoms with van der Waals surface area (Å²) in [5, 5.41) is 14.1. The number of imide groups is 1. The zero-order valence-corrected chi connectivity index (χ0v) is 26.8. The van der Waals surface area contributed by atoms with Gasteiger partial charge < -0.3 is 30.0 Å². The smallest absolute Gasteiger partial charge is 0.352 e. The quantitative estimate of drug-likeness (QED) is 0.184. The third-order valence-electron chi connectivity index (χ3n) is 6.97. The number of nitrogens with one attached hydrogen (secondary N) is 2. The Balaban J connectivity index is 1.52. The number of thioether (sulfide) groups is 1. The van der Waals surface area contributed by atoms with Crippen molar-refractivity contribution in [3.8, 4) is 11.5 Å². The van der Waals surface area contributed by atoms with E-state index in [1.165, 1.54) is 19.1 Å². The van der Waals surface area contributed by atoms with E-state index in [1.54, 1.807) is 30.3 Å². The number of aliphatic carboxylic acids is 1. The van der Waals surface area contributed by atoms with Crippen LogP contribution in [-0.2, 0) is 33.5 Å². The Labute approximate surface area is 277 Å². The zero-order valence-electron chi connectivity index (χ0n) is 26.0. The molecule has 0 saturated carbocycles. The Hall–Kier alpha value is -5.71. The second-order valence-corrected chi connectivity index (χ2v) is 11.5. The number of amides is 5. The summed E-state index contributed by atoms with van der Waals surface area (Å²) in [6.07, 6.45) is 0. The molecule has 2 unspecified atom stereocenters. The van der Waals surface area contributed by atoms with Crippen LogP contribution in [0.4, 0.5) is 4.79 Å². The van der Waals surface area contributed by atoms with Crippen LogP contribution in [0.5, 0.6) is 11.5 Å². The SMILES string of the molecule is CC(=O)OCC1=C(C(=O)O)N2C(=O)C(NC(=O)C(NC(=O)N(C)C(=O)c3ccc(OC(C)=O)c(OC(C)=O)c3)c3ccccc3)[C@@H]2SC1. The van der Waals surface area contributed by atoms with Crippen LogP contribution >= 0.6 is 11.8 Å². The lowest BCUT2D eigenvalue weighted by molar-refractivity contribution is -0.151. The molecule has 48 heavy (non-hydrogen) atoms. The molecule has 4 rings (SSSR count). The van der Waals surface area contributed by atoms with E-state index in [2.05, 4.69) is 10.6 Å². The second-order valence-electron chi connectivity index (χ2n) is 10.4. The normalized spacial score (nSPS) is 17.2. The summed E-state index contributed by atoms with van der Waals surface area (Å²) in [4.78, 5) is 101. The molecule has 16 nitrogen and oxygen atoms in total. The highest BCUT2D eigenvalue weighted by Gasteiger charge is 2.54. The fourth-order valence-electron chi connectivity index (χ4n) is 4.79. The number of fused-ring (bicyclic) bond motifs is 1. The van der Waals surface area contributed by atoms with Crippen molar-refractivity contribution < 1.29 is 57.7 Å². The molecule has 0 bridgehead atoms. The number of carboxylic acid groups (broad SMARTS) is 1.